The number of para-hydroxylation sites is 1. The lowest BCUT2D eigenvalue weighted by molar-refractivity contribution is -0.274. The molecule has 41 heavy (non-hydrogen) atoms. The minimum atomic E-state index is -4.74. The Labute approximate surface area is 240 Å². The van der Waals surface area contributed by atoms with Gasteiger partial charge in [-0.25, -0.2) is 14.5 Å². The highest BCUT2D eigenvalue weighted by Gasteiger charge is 2.31. The number of halogens is 3. The number of thiocarbonyl (C=S) groups is 1. The standard InChI is InChI=1S/C29H29F3N6O2S/c1-19-6-5-7-20(2)25(19)35-28(41)36-27(39)33-17-4-3-8-21-9-11-22(12-10-21)26-34-18-38(37-26)23-13-15-24(16-14-23)40-29(30,31)32/h5-7,9-16,18H,3-4,8,17H2,1-2H3,(H3,33,35,36,39,41). The highest BCUT2D eigenvalue weighted by molar-refractivity contribution is 7.80. The zero-order chi connectivity index (χ0) is 29.4. The second-order valence-corrected chi connectivity index (χ2v) is 9.72. The van der Waals surface area contributed by atoms with Gasteiger partial charge in [-0.05, 0) is 86.3 Å². The number of urea groups is 1. The first-order chi connectivity index (χ1) is 19.6. The van der Waals surface area contributed by atoms with Gasteiger partial charge in [0.1, 0.15) is 12.1 Å². The van der Waals surface area contributed by atoms with Crippen molar-refractivity contribution >= 4 is 29.0 Å². The van der Waals surface area contributed by atoms with E-state index in [1.165, 1.54) is 35.3 Å². The normalized spacial score (nSPS) is 11.1. The number of carbonyl (C=O) groups excluding carboxylic acids is 1. The molecule has 1 heterocycles. The third-order valence-corrected chi connectivity index (χ3v) is 6.37. The summed E-state index contributed by atoms with van der Waals surface area (Å²) in [6, 6.07) is 18.8. The maximum atomic E-state index is 12.4. The Hall–Kier alpha value is -4.45. The molecule has 0 unspecified atom stereocenters. The first-order valence-electron chi connectivity index (χ1n) is 12.9. The SMILES string of the molecule is Cc1cccc(C)c1NC(=S)NC(=O)NCCCCc1ccc(-c2ncn(-c3ccc(OC(F)(F)F)cc3)n2)cc1. The maximum Gasteiger partial charge on any atom is 0.573 e. The molecule has 0 bridgehead atoms. The van der Waals surface area contributed by atoms with Crippen LogP contribution >= 0.6 is 12.2 Å². The van der Waals surface area contributed by atoms with Gasteiger partial charge in [-0.15, -0.1) is 18.3 Å². The topological polar surface area (TPSA) is 93.1 Å². The highest BCUT2D eigenvalue weighted by Crippen LogP contribution is 2.24. The van der Waals surface area contributed by atoms with Gasteiger partial charge in [0.15, 0.2) is 10.9 Å². The summed E-state index contributed by atoms with van der Waals surface area (Å²) in [7, 11) is 0. The third kappa shape index (κ3) is 8.77. The lowest BCUT2D eigenvalue weighted by Crippen LogP contribution is -2.42. The number of unbranched alkanes of at least 4 members (excludes halogenated alkanes) is 1. The van der Waals surface area contributed by atoms with Crippen LogP contribution < -0.4 is 20.7 Å². The Morgan fingerprint density at radius 3 is 2.32 bits per heavy atom. The van der Waals surface area contributed by atoms with Crippen LogP contribution in [0.2, 0.25) is 0 Å². The average Bonchev–Trinajstić information content (AvgIpc) is 3.41. The van der Waals surface area contributed by atoms with Gasteiger partial charge in [0.2, 0.25) is 0 Å². The number of benzene rings is 3. The highest BCUT2D eigenvalue weighted by atomic mass is 32.1. The molecule has 0 spiro atoms. The molecular weight excluding hydrogens is 553 g/mol. The van der Waals surface area contributed by atoms with Crippen LogP contribution in [0, 0.1) is 13.8 Å². The van der Waals surface area contributed by atoms with Gasteiger partial charge in [0.05, 0.1) is 5.69 Å². The summed E-state index contributed by atoms with van der Waals surface area (Å²) in [5, 5.41) is 13.2. The number of nitrogens with one attached hydrogen (secondary N) is 3. The lowest BCUT2D eigenvalue weighted by atomic mass is 10.1. The summed E-state index contributed by atoms with van der Waals surface area (Å²) in [6.07, 6.45) is -0.727. The van der Waals surface area contributed by atoms with Gasteiger partial charge in [-0.1, -0.05) is 42.5 Å². The van der Waals surface area contributed by atoms with Crippen molar-refractivity contribution in [2.75, 3.05) is 11.9 Å². The third-order valence-electron chi connectivity index (χ3n) is 6.16. The lowest BCUT2D eigenvalue weighted by Gasteiger charge is -2.14. The Morgan fingerprint density at radius 2 is 1.66 bits per heavy atom. The number of aromatic nitrogens is 3. The van der Waals surface area contributed by atoms with Crippen LogP contribution in [-0.2, 0) is 6.42 Å². The molecule has 0 aliphatic carbocycles. The van der Waals surface area contributed by atoms with Crippen LogP contribution in [0.3, 0.4) is 0 Å². The predicted molar refractivity (Wildman–Crippen MR) is 155 cm³/mol. The number of aryl methyl sites for hydroxylation is 3. The zero-order valence-electron chi connectivity index (χ0n) is 22.5. The Kier molecular flexibility index (Phi) is 9.56. The summed E-state index contributed by atoms with van der Waals surface area (Å²) in [4.78, 5) is 16.5. The van der Waals surface area contributed by atoms with Crippen LogP contribution in [0.15, 0.2) is 73.1 Å². The summed E-state index contributed by atoms with van der Waals surface area (Å²) >= 11 is 5.26. The van der Waals surface area contributed by atoms with E-state index in [0.717, 1.165) is 47.2 Å². The molecule has 3 N–H and O–H groups in total. The molecule has 4 aromatic rings. The fourth-order valence-electron chi connectivity index (χ4n) is 4.10. The molecule has 0 fully saturated rings. The molecule has 0 saturated carbocycles. The van der Waals surface area contributed by atoms with E-state index in [0.29, 0.717) is 18.1 Å². The van der Waals surface area contributed by atoms with E-state index in [9.17, 15) is 18.0 Å². The summed E-state index contributed by atoms with van der Waals surface area (Å²) < 4.78 is 42.4. The van der Waals surface area contributed by atoms with Gasteiger partial charge in [0, 0.05) is 17.8 Å². The number of hydrogen-bond donors (Lipinski definition) is 3. The molecule has 0 aliphatic rings. The molecule has 1 aromatic heterocycles. The van der Waals surface area contributed by atoms with Crippen molar-refractivity contribution in [2.24, 2.45) is 0 Å². The minimum absolute atomic E-state index is 0.243. The molecule has 0 saturated heterocycles. The van der Waals surface area contributed by atoms with Gasteiger partial charge in [-0.3, -0.25) is 5.32 Å². The number of carbonyl (C=O) groups is 1. The molecule has 214 valence electrons. The van der Waals surface area contributed by atoms with Gasteiger partial charge < -0.3 is 15.4 Å². The monoisotopic (exact) mass is 582 g/mol. The van der Waals surface area contributed by atoms with Crippen LogP contribution in [0.5, 0.6) is 5.75 Å². The van der Waals surface area contributed by atoms with E-state index in [4.69, 9.17) is 12.2 Å². The molecule has 0 radical (unpaired) electrons. The van der Waals surface area contributed by atoms with E-state index in [1.54, 1.807) is 0 Å². The Morgan fingerprint density at radius 1 is 0.976 bits per heavy atom. The summed E-state index contributed by atoms with van der Waals surface area (Å²) in [5.41, 5.74) is 5.48. The molecular formula is C29H29F3N6O2S. The van der Waals surface area contributed by atoms with Crippen molar-refractivity contribution in [1.29, 1.82) is 0 Å². The van der Waals surface area contributed by atoms with Gasteiger partial charge in [-0.2, -0.15) is 0 Å². The van der Waals surface area contributed by atoms with E-state index in [2.05, 4.69) is 30.8 Å². The first-order valence-corrected chi connectivity index (χ1v) is 13.3. The van der Waals surface area contributed by atoms with Crippen molar-refractivity contribution < 1.29 is 22.7 Å². The molecule has 2 amide bonds. The summed E-state index contributed by atoms with van der Waals surface area (Å²) in [5.74, 6) is 0.189. The first kappa shape index (κ1) is 29.5. The van der Waals surface area contributed by atoms with Crippen molar-refractivity contribution in [3.63, 3.8) is 0 Å². The van der Waals surface area contributed by atoms with E-state index in [-0.39, 0.29) is 16.9 Å². The number of alkyl halides is 3. The number of anilines is 1. The molecule has 3 aromatic carbocycles. The van der Waals surface area contributed by atoms with Crippen molar-refractivity contribution in [3.05, 3.63) is 89.7 Å². The molecule has 0 aliphatic heterocycles. The van der Waals surface area contributed by atoms with Crippen LogP contribution in [0.25, 0.3) is 17.1 Å². The second kappa shape index (κ2) is 13.3. The van der Waals surface area contributed by atoms with Crippen LogP contribution in [-0.4, -0.2) is 38.8 Å². The van der Waals surface area contributed by atoms with E-state index < -0.39 is 6.36 Å². The largest absolute Gasteiger partial charge is 0.573 e. The van der Waals surface area contributed by atoms with Gasteiger partial charge in [0.25, 0.3) is 0 Å². The number of amides is 2. The van der Waals surface area contributed by atoms with Crippen molar-refractivity contribution in [1.82, 2.24) is 25.4 Å². The molecule has 4 rings (SSSR count). The number of hydrogen-bond acceptors (Lipinski definition) is 5. The average molecular weight is 583 g/mol. The molecule has 12 heteroatoms. The Balaban J connectivity index is 1.18. The predicted octanol–water partition coefficient (Wildman–Crippen LogP) is 6.47. The van der Waals surface area contributed by atoms with Crippen LogP contribution in [0.4, 0.5) is 23.7 Å². The minimum Gasteiger partial charge on any atom is -0.406 e. The summed E-state index contributed by atoms with van der Waals surface area (Å²) in [6.45, 7) is 4.46. The molecule has 8 nitrogen and oxygen atoms in total. The van der Waals surface area contributed by atoms with Crippen molar-refractivity contribution in [3.8, 4) is 22.8 Å². The zero-order valence-corrected chi connectivity index (χ0v) is 23.3. The Bertz CT molecular complexity index is 1470. The maximum absolute atomic E-state index is 12.4. The van der Waals surface area contributed by atoms with E-state index in [1.807, 2.05) is 56.3 Å². The van der Waals surface area contributed by atoms with Gasteiger partial charge >= 0.3 is 12.4 Å². The molecule has 0 atom stereocenters. The number of rotatable bonds is 9. The smallest absolute Gasteiger partial charge is 0.406 e. The fraction of sp³-hybridized carbons (Fsp3) is 0.241. The van der Waals surface area contributed by atoms with Crippen LogP contribution in [0.1, 0.15) is 29.5 Å². The number of nitrogens with zero attached hydrogens (tertiary/aromatic N) is 3. The fourth-order valence-corrected chi connectivity index (χ4v) is 4.30. The second-order valence-electron chi connectivity index (χ2n) is 9.31. The number of ether oxygens (including phenoxy) is 1. The quantitative estimate of drug-likeness (QED) is 0.155. The van der Waals surface area contributed by atoms with Crippen molar-refractivity contribution in [2.45, 2.75) is 39.5 Å². The van der Waals surface area contributed by atoms with E-state index >= 15 is 0 Å².